The van der Waals surface area contributed by atoms with Crippen molar-refractivity contribution in [2.75, 3.05) is 40.6 Å². The Labute approximate surface area is 127 Å². The zero-order valence-electron chi connectivity index (χ0n) is 12.3. The Balaban J connectivity index is 3.01. The first-order valence-electron chi connectivity index (χ1n) is 6.40. The van der Waals surface area contributed by atoms with Gasteiger partial charge in [0.15, 0.2) is 0 Å². The summed E-state index contributed by atoms with van der Waals surface area (Å²) in [4.78, 5) is 23.9. The van der Waals surface area contributed by atoms with Crippen LogP contribution in [0.5, 0.6) is 11.5 Å². The highest BCUT2D eigenvalue weighted by molar-refractivity contribution is 6.06. The summed E-state index contributed by atoms with van der Waals surface area (Å²) in [6.07, 6.45) is 0. The van der Waals surface area contributed by atoms with Crippen LogP contribution in [-0.2, 0) is 18.9 Å². The molecular formula is C14H18O8. The number of esters is 2. The van der Waals surface area contributed by atoms with Gasteiger partial charge in [0, 0.05) is 14.2 Å². The predicted molar refractivity (Wildman–Crippen MR) is 74.1 cm³/mol. The number of phenols is 2. The van der Waals surface area contributed by atoms with Crippen molar-refractivity contribution in [2.45, 2.75) is 0 Å². The van der Waals surface area contributed by atoms with Gasteiger partial charge < -0.3 is 29.2 Å². The number of carbonyl (C=O) groups excluding carboxylic acids is 2. The van der Waals surface area contributed by atoms with Gasteiger partial charge in [0.1, 0.15) is 35.8 Å². The Bertz CT molecular complexity index is 479. The molecule has 0 amide bonds. The molecule has 0 fully saturated rings. The minimum atomic E-state index is -0.968. The van der Waals surface area contributed by atoms with Gasteiger partial charge in [-0.15, -0.1) is 0 Å². The summed E-state index contributed by atoms with van der Waals surface area (Å²) in [5, 5.41) is 19.6. The molecule has 0 saturated heterocycles. The molecule has 122 valence electrons. The van der Waals surface area contributed by atoms with Crippen molar-refractivity contribution in [2.24, 2.45) is 0 Å². The topological polar surface area (TPSA) is 112 Å². The molecule has 2 N–H and O–H groups in total. The monoisotopic (exact) mass is 314 g/mol. The SMILES string of the molecule is COCCOC(=O)c1c(O)ccc(O)c1C(=O)OCCOC. The van der Waals surface area contributed by atoms with Crippen LogP contribution in [0.3, 0.4) is 0 Å². The van der Waals surface area contributed by atoms with E-state index < -0.39 is 34.6 Å². The highest BCUT2D eigenvalue weighted by Gasteiger charge is 2.27. The van der Waals surface area contributed by atoms with Crippen LogP contribution in [0.4, 0.5) is 0 Å². The van der Waals surface area contributed by atoms with Gasteiger partial charge in [-0.05, 0) is 12.1 Å². The van der Waals surface area contributed by atoms with E-state index in [1.807, 2.05) is 0 Å². The summed E-state index contributed by atoms with van der Waals surface area (Å²) >= 11 is 0. The van der Waals surface area contributed by atoms with Gasteiger partial charge in [0.05, 0.1) is 13.2 Å². The van der Waals surface area contributed by atoms with E-state index in [-0.39, 0.29) is 26.4 Å². The largest absolute Gasteiger partial charge is 0.507 e. The van der Waals surface area contributed by atoms with E-state index in [0.717, 1.165) is 12.1 Å². The second kappa shape index (κ2) is 8.85. The molecule has 0 aliphatic rings. The van der Waals surface area contributed by atoms with E-state index in [1.165, 1.54) is 14.2 Å². The highest BCUT2D eigenvalue weighted by atomic mass is 16.6. The van der Waals surface area contributed by atoms with Crippen molar-refractivity contribution in [1.82, 2.24) is 0 Å². The second-order valence-electron chi connectivity index (χ2n) is 4.11. The first kappa shape index (κ1) is 17.7. The van der Waals surface area contributed by atoms with Gasteiger partial charge in [-0.25, -0.2) is 9.59 Å². The number of rotatable bonds is 8. The first-order chi connectivity index (χ1) is 10.5. The van der Waals surface area contributed by atoms with Crippen LogP contribution in [0, 0.1) is 0 Å². The second-order valence-corrected chi connectivity index (χ2v) is 4.11. The normalized spacial score (nSPS) is 10.3. The molecule has 1 aromatic carbocycles. The number of hydrogen-bond acceptors (Lipinski definition) is 8. The van der Waals surface area contributed by atoms with E-state index in [2.05, 4.69) is 0 Å². The smallest absolute Gasteiger partial charge is 0.343 e. The van der Waals surface area contributed by atoms with Crippen LogP contribution < -0.4 is 0 Å². The lowest BCUT2D eigenvalue weighted by Gasteiger charge is -2.12. The molecule has 22 heavy (non-hydrogen) atoms. The lowest BCUT2D eigenvalue weighted by molar-refractivity contribution is 0.0339. The van der Waals surface area contributed by atoms with E-state index in [9.17, 15) is 19.8 Å². The summed E-state index contributed by atoms with van der Waals surface area (Å²) < 4.78 is 19.2. The molecule has 8 heteroatoms. The van der Waals surface area contributed by atoms with Crippen molar-refractivity contribution in [1.29, 1.82) is 0 Å². The molecule has 0 heterocycles. The molecule has 0 bridgehead atoms. The van der Waals surface area contributed by atoms with Crippen LogP contribution in [0.25, 0.3) is 0 Å². The fourth-order valence-electron chi connectivity index (χ4n) is 1.57. The van der Waals surface area contributed by atoms with Crippen LogP contribution in [-0.4, -0.2) is 62.8 Å². The average molecular weight is 314 g/mol. The molecule has 0 aromatic heterocycles. The Morgan fingerprint density at radius 3 is 1.50 bits per heavy atom. The van der Waals surface area contributed by atoms with Crippen LogP contribution in [0.2, 0.25) is 0 Å². The van der Waals surface area contributed by atoms with E-state index in [0.29, 0.717) is 0 Å². The van der Waals surface area contributed by atoms with Gasteiger partial charge in [-0.2, -0.15) is 0 Å². The molecule has 0 saturated carbocycles. The number of hydrogen-bond donors (Lipinski definition) is 2. The highest BCUT2D eigenvalue weighted by Crippen LogP contribution is 2.30. The minimum absolute atomic E-state index is 0.0669. The van der Waals surface area contributed by atoms with Gasteiger partial charge in [-0.1, -0.05) is 0 Å². The summed E-state index contributed by atoms with van der Waals surface area (Å²) in [6.45, 7) is 0.170. The van der Waals surface area contributed by atoms with Gasteiger partial charge in [0.25, 0.3) is 0 Å². The maximum atomic E-state index is 12.0. The summed E-state index contributed by atoms with van der Waals surface area (Å²) in [6, 6.07) is 2.16. The third-order valence-corrected chi connectivity index (χ3v) is 2.61. The maximum Gasteiger partial charge on any atom is 0.343 e. The molecule has 1 aromatic rings. The fraction of sp³-hybridized carbons (Fsp3) is 0.429. The Kier molecular flexibility index (Phi) is 7.14. The van der Waals surface area contributed by atoms with Crippen molar-refractivity contribution in [3.63, 3.8) is 0 Å². The van der Waals surface area contributed by atoms with Crippen LogP contribution in [0.1, 0.15) is 20.7 Å². The molecule has 1 rings (SSSR count). The number of carbonyl (C=O) groups is 2. The number of phenolic OH excluding ortho intramolecular Hbond substituents is 2. The van der Waals surface area contributed by atoms with Gasteiger partial charge in [0.2, 0.25) is 0 Å². The molecule has 0 atom stereocenters. The van der Waals surface area contributed by atoms with E-state index >= 15 is 0 Å². The molecule has 0 spiro atoms. The summed E-state index contributed by atoms with van der Waals surface area (Å²) in [5.41, 5.74) is -0.919. The maximum absolute atomic E-state index is 12.0. The molecule has 0 aliphatic carbocycles. The Morgan fingerprint density at radius 1 is 0.818 bits per heavy atom. The van der Waals surface area contributed by atoms with Gasteiger partial charge >= 0.3 is 11.9 Å². The molecular weight excluding hydrogens is 296 g/mol. The molecule has 8 nitrogen and oxygen atoms in total. The molecule has 0 radical (unpaired) electrons. The lowest BCUT2D eigenvalue weighted by atomic mass is 10.1. The first-order valence-corrected chi connectivity index (χ1v) is 6.40. The number of ether oxygens (including phenoxy) is 4. The number of aromatic hydroxyl groups is 2. The van der Waals surface area contributed by atoms with E-state index in [4.69, 9.17) is 18.9 Å². The minimum Gasteiger partial charge on any atom is -0.507 e. The van der Waals surface area contributed by atoms with Crippen molar-refractivity contribution < 1.29 is 38.7 Å². The van der Waals surface area contributed by atoms with Crippen LogP contribution >= 0.6 is 0 Å². The molecule has 0 unspecified atom stereocenters. The third-order valence-electron chi connectivity index (χ3n) is 2.61. The number of methoxy groups -OCH3 is 2. The Hall–Kier alpha value is -2.32. The quantitative estimate of drug-likeness (QED) is 0.410. The Morgan fingerprint density at radius 2 is 1.18 bits per heavy atom. The predicted octanol–water partition coefficient (Wildman–Crippen LogP) is 0.704. The lowest BCUT2D eigenvalue weighted by Crippen LogP contribution is -2.17. The molecule has 0 aliphatic heterocycles. The number of benzene rings is 1. The van der Waals surface area contributed by atoms with Crippen molar-refractivity contribution in [3.8, 4) is 11.5 Å². The summed E-state index contributed by atoms with van der Waals surface area (Å²) in [7, 11) is 2.86. The van der Waals surface area contributed by atoms with Gasteiger partial charge in [-0.3, -0.25) is 0 Å². The fourth-order valence-corrected chi connectivity index (χ4v) is 1.57. The van der Waals surface area contributed by atoms with E-state index in [1.54, 1.807) is 0 Å². The standard InChI is InChI=1S/C14H18O8/c1-19-5-7-21-13(17)11-9(15)3-4-10(16)12(11)14(18)22-8-6-20-2/h3-4,15-16H,5-8H2,1-2H3. The summed E-state index contributed by atoms with van der Waals surface area (Å²) in [5.74, 6) is -2.94. The van der Waals surface area contributed by atoms with Crippen LogP contribution in [0.15, 0.2) is 12.1 Å². The van der Waals surface area contributed by atoms with Crippen molar-refractivity contribution >= 4 is 11.9 Å². The van der Waals surface area contributed by atoms with Crippen molar-refractivity contribution in [3.05, 3.63) is 23.3 Å². The zero-order chi connectivity index (χ0) is 16.5. The average Bonchev–Trinajstić information content (AvgIpc) is 2.49. The third kappa shape index (κ3) is 4.61. The zero-order valence-corrected chi connectivity index (χ0v) is 12.3.